The van der Waals surface area contributed by atoms with Crippen LogP contribution in [0.4, 0.5) is 10.5 Å². The van der Waals surface area contributed by atoms with Crippen LogP contribution in [0.25, 0.3) is 6.08 Å². The number of halogens is 1. The van der Waals surface area contributed by atoms with Gasteiger partial charge in [0.25, 0.3) is 11.1 Å². The molecule has 0 spiro atoms. The number of hydrogen-bond acceptors (Lipinski definition) is 5. The Morgan fingerprint density at radius 2 is 2.16 bits per heavy atom. The van der Waals surface area contributed by atoms with Crippen LogP contribution >= 0.6 is 23.4 Å². The summed E-state index contributed by atoms with van der Waals surface area (Å²) in [6.45, 7) is 1.48. The van der Waals surface area contributed by atoms with Crippen LogP contribution in [0.15, 0.2) is 45.9 Å². The molecule has 25 heavy (non-hydrogen) atoms. The van der Waals surface area contributed by atoms with Crippen molar-refractivity contribution in [2.24, 2.45) is 0 Å². The molecule has 0 saturated carbocycles. The molecule has 0 radical (unpaired) electrons. The molecule has 1 N–H and O–H groups in total. The standard InChI is InChI=1S/C17H13ClN2O4S/c1-10-4-5-11(7-13(10)18)19-15(21)9-20-16(22)14(25-17(20)23)8-12-3-2-6-24-12/h2-8H,9H2,1H3,(H,19,21)/b14-8+. The summed E-state index contributed by atoms with van der Waals surface area (Å²) in [6, 6.07) is 8.42. The number of nitrogens with zero attached hydrogens (tertiary/aromatic N) is 1. The second kappa shape index (κ2) is 7.16. The Bertz CT molecular complexity index is 877. The maximum absolute atomic E-state index is 12.3. The Hall–Kier alpha value is -2.51. The van der Waals surface area contributed by atoms with Crippen molar-refractivity contribution in [3.63, 3.8) is 0 Å². The van der Waals surface area contributed by atoms with Gasteiger partial charge in [-0.1, -0.05) is 17.7 Å². The molecule has 3 amide bonds. The van der Waals surface area contributed by atoms with Crippen LogP contribution < -0.4 is 5.32 Å². The summed E-state index contributed by atoms with van der Waals surface area (Å²) in [5, 5.41) is 2.64. The molecule has 1 aliphatic rings. The molecule has 0 aliphatic carbocycles. The highest BCUT2D eigenvalue weighted by Crippen LogP contribution is 2.32. The molecular formula is C17H13ClN2O4S. The van der Waals surface area contributed by atoms with Gasteiger partial charge in [0, 0.05) is 16.8 Å². The summed E-state index contributed by atoms with van der Waals surface area (Å²) < 4.78 is 5.13. The molecule has 2 heterocycles. The van der Waals surface area contributed by atoms with E-state index in [-0.39, 0.29) is 11.4 Å². The zero-order valence-corrected chi connectivity index (χ0v) is 14.7. The minimum Gasteiger partial charge on any atom is -0.465 e. The van der Waals surface area contributed by atoms with Gasteiger partial charge < -0.3 is 9.73 Å². The fourth-order valence-electron chi connectivity index (χ4n) is 2.15. The lowest BCUT2D eigenvalue weighted by Gasteiger charge is -2.12. The fraction of sp³-hybridized carbons (Fsp3) is 0.118. The minimum atomic E-state index is -0.525. The number of carbonyl (C=O) groups is 3. The topological polar surface area (TPSA) is 79.6 Å². The molecular weight excluding hydrogens is 364 g/mol. The van der Waals surface area contributed by atoms with E-state index in [0.717, 1.165) is 22.2 Å². The molecule has 0 atom stereocenters. The molecule has 128 valence electrons. The van der Waals surface area contributed by atoms with Crippen molar-refractivity contribution in [1.82, 2.24) is 4.90 Å². The average Bonchev–Trinajstić information content (AvgIpc) is 3.15. The van der Waals surface area contributed by atoms with E-state index in [1.807, 2.05) is 6.92 Å². The number of carbonyl (C=O) groups excluding carboxylic acids is 3. The third-order valence-corrected chi connectivity index (χ3v) is 4.76. The van der Waals surface area contributed by atoms with E-state index < -0.39 is 17.1 Å². The van der Waals surface area contributed by atoms with Gasteiger partial charge in [0.2, 0.25) is 5.91 Å². The predicted molar refractivity (Wildman–Crippen MR) is 96.2 cm³/mol. The normalized spacial score (nSPS) is 15.9. The fourth-order valence-corrected chi connectivity index (χ4v) is 3.15. The number of amides is 3. The van der Waals surface area contributed by atoms with Crippen LogP contribution in [0, 0.1) is 6.92 Å². The summed E-state index contributed by atoms with van der Waals surface area (Å²) in [5.74, 6) is -0.547. The molecule has 1 aromatic heterocycles. The number of hydrogen-bond donors (Lipinski definition) is 1. The van der Waals surface area contributed by atoms with Gasteiger partial charge >= 0.3 is 0 Å². The molecule has 6 nitrogen and oxygen atoms in total. The van der Waals surface area contributed by atoms with Crippen molar-refractivity contribution >= 4 is 52.2 Å². The smallest absolute Gasteiger partial charge is 0.294 e. The molecule has 1 aromatic carbocycles. The van der Waals surface area contributed by atoms with Gasteiger partial charge in [-0.2, -0.15) is 0 Å². The summed E-state index contributed by atoms with van der Waals surface area (Å²) >= 11 is 6.78. The number of rotatable bonds is 4. The van der Waals surface area contributed by atoms with Crippen LogP contribution in [0.2, 0.25) is 5.02 Å². The number of imide groups is 1. The molecule has 1 saturated heterocycles. The van der Waals surface area contributed by atoms with E-state index in [4.69, 9.17) is 16.0 Å². The number of aryl methyl sites for hydroxylation is 1. The summed E-state index contributed by atoms with van der Waals surface area (Å²) in [7, 11) is 0. The van der Waals surface area contributed by atoms with Gasteiger partial charge in [-0.25, -0.2) is 0 Å². The Morgan fingerprint density at radius 1 is 1.36 bits per heavy atom. The lowest BCUT2D eigenvalue weighted by Crippen LogP contribution is -2.36. The van der Waals surface area contributed by atoms with Crippen LogP contribution in [-0.4, -0.2) is 28.5 Å². The number of nitrogens with one attached hydrogen (secondary N) is 1. The van der Waals surface area contributed by atoms with Crippen LogP contribution in [-0.2, 0) is 9.59 Å². The Kier molecular flexibility index (Phi) is 4.96. The van der Waals surface area contributed by atoms with Gasteiger partial charge in [-0.15, -0.1) is 0 Å². The van der Waals surface area contributed by atoms with Crippen molar-refractivity contribution in [2.45, 2.75) is 6.92 Å². The summed E-state index contributed by atoms with van der Waals surface area (Å²) in [6.07, 6.45) is 2.94. The SMILES string of the molecule is Cc1ccc(NC(=O)CN2C(=O)S/C(=C/c3ccco3)C2=O)cc1Cl. The van der Waals surface area contributed by atoms with Crippen LogP contribution in [0.1, 0.15) is 11.3 Å². The van der Waals surface area contributed by atoms with Gasteiger partial charge in [-0.05, 0) is 48.5 Å². The second-order valence-corrected chi connectivity index (χ2v) is 6.70. The zero-order valence-electron chi connectivity index (χ0n) is 13.1. The molecule has 1 fully saturated rings. The maximum atomic E-state index is 12.3. The maximum Gasteiger partial charge on any atom is 0.294 e. The van der Waals surface area contributed by atoms with E-state index in [1.54, 1.807) is 30.3 Å². The lowest BCUT2D eigenvalue weighted by molar-refractivity contribution is -0.127. The number of thioether (sulfide) groups is 1. The van der Waals surface area contributed by atoms with Crippen LogP contribution in [0.3, 0.4) is 0 Å². The zero-order chi connectivity index (χ0) is 18.0. The van der Waals surface area contributed by atoms with Gasteiger partial charge in [0.05, 0.1) is 11.2 Å². The quantitative estimate of drug-likeness (QED) is 0.818. The molecule has 0 bridgehead atoms. The van der Waals surface area contributed by atoms with E-state index in [9.17, 15) is 14.4 Å². The number of benzene rings is 1. The van der Waals surface area contributed by atoms with Crippen molar-refractivity contribution in [3.05, 3.63) is 57.8 Å². The Morgan fingerprint density at radius 3 is 2.84 bits per heavy atom. The highest BCUT2D eigenvalue weighted by atomic mass is 35.5. The first-order valence-electron chi connectivity index (χ1n) is 7.29. The molecule has 2 aromatic rings. The lowest BCUT2D eigenvalue weighted by atomic mass is 10.2. The molecule has 0 unspecified atom stereocenters. The Labute approximate surface area is 152 Å². The third-order valence-electron chi connectivity index (χ3n) is 3.45. The molecule has 3 rings (SSSR count). The summed E-state index contributed by atoms with van der Waals surface area (Å²) in [4.78, 5) is 37.5. The van der Waals surface area contributed by atoms with Crippen molar-refractivity contribution in [3.8, 4) is 0 Å². The van der Waals surface area contributed by atoms with E-state index in [1.165, 1.54) is 12.3 Å². The predicted octanol–water partition coefficient (Wildman–Crippen LogP) is 3.92. The van der Waals surface area contributed by atoms with E-state index in [2.05, 4.69) is 5.32 Å². The monoisotopic (exact) mass is 376 g/mol. The van der Waals surface area contributed by atoms with Crippen molar-refractivity contribution < 1.29 is 18.8 Å². The average molecular weight is 377 g/mol. The highest BCUT2D eigenvalue weighted by Gasteiger charge is 2.36. The third kappa shape index (κ3) is 3.94. The van der Waals surface area contributed by atoms with Crippen molar-refractivity contribution in [2.75, 3.05) is 11.9 Å². The molecule has 8 heteroatoms. The second-order valence-electron chi connectivity index (χ2n) is 5.30. The first kappa shape index (κ1) is 17.3. The minimum absolute atomic E-state index is 0.214. The largest absolute Gasteiger partial charge is 0.465 e. The van der Waals surface area contributed by atoms with E-state index >= 15 is 0 Å². The van der Waals surface area contributed by atoms with Crippen molar-refractivity contribution in [1.29, 1.82) is 0 Å². The Balaban J connectivity index is 1.67. The molecule has 1 aliphatic heterocycles. The number of furan rings is 1. The first-order valence-corrected chi connectivity index (χ1v) is 8.48. The summed E-state index contributed by atoms with van der Waals surface area (Å²) in [5.41, 5.74) is 1.38. The van der Waals surface area contributed by atoms with Gasteiger partial charge in [0.15, 0.2) is 0 Å². The van der Waals surface area contributed by atoms with Gasteiger partial charge in [-0.3, -0.25) is 19.3 Å². The van der Waals surface area contributed by atoms with Gasteiger partial charge in [0.1, 0.15) is 12.3 Å². The number of anilines is 1. The highest BCUT2D eigenvalue weighted by molar-refractivity contribution is 8.18. The van der Waals surface area contributed by atoms with Crippen LogP contribution in [0.5, 0.6) is 0 Å². The first-order chi connectivity index (χ1) is 11.9. The van der Waals surface area contributed by atoms with E-state index in [0.29, 0.717) is 16.5 Å².